The third-order valence-corrected chi connectivity index (χ3v) is 6.88. The fourth-order valence-electron chi connectivity index (χ4n) is 3.19. The lowest BCUT2D eigenvalue weighted by Crippen LogP contribution is -2.40. The van der Waals surface area contributed by atoms with Gasteiger partial charge in [-0.1, -0.05) is 37.3 Å². The molecule has 3 rings (SSSR count). The summed E-state index contributed by atoms with van der Waals surface area (Å²) in [4.78, 5) is 24.7. The van der Waals surface area contributed by atoms with Crippen molar-refractivity contribution < 1.29 is 22.7 Å². The Bertz CT molecular complexity index is 996. The second-order valence-corrected chi connectivity index (χ2v) is 9.00. The summed E-state index contributed by atoms with van der Waals surface area (Å²) in [6.07, 6.45) is 1.01. The van der Waals surface area contributed by atoms with E-state index in [2.05, 4.69) is 5.32 Å². The van der Waals surface area contributed by atoms with E-state index in [1.807, 2.05) is 19.1 Å². The van der Waals surface area contributed by atoms with Gasteiger partial charge in [0.25, 0.3) is 0 Å². The van der Waals surface area contributed by atoms with Crippen molar-refractivity contribution in [1.82, 2.24) is 4.31 Å². The largest absolute Gasteiger partial charge is 0.379 e. The zero-order chi connectivity index (χ0) is 21.6. The average Bonchev–Trinajstić information content (AvgIpc) is 2.78. The highest BCUT2D eigenvalue weighted by Crippen LogP contribution is 2.21. The molecule has 0 unspecified atom stereocenters. The van der Waals surface area contributed by atoms with Gasteiger partial charge in [-0.15, -0.1) is 0 Å². The SMILES string of the molecule is CCc1ccc(C(=O)CCC(=O)Nc2cccc(S(=O)(=O)N3CCOCC3)c2)cc1. The second-order valence-electron chi connectivity index (χ2n) is 7.07. The first-order valence-corrected chi connectivity index (χ1v) is 11.4. The van der Waals surface area contributed by atoms with Crippen LogP contribution >= 0.6 is 0 Å². The number of Topliss-reactive ketones (excluding diaryl/α,β-unsaturated/α-hetero) is 1. The molecule has 0 spiro atoms. The Kier molecular flexibility index (Phi) is 7.36. The fraction of sp³-hybridized carbons (Fsp3) is 0.364. The van der Waals surface area contributed by atoms with Crippen LogP contribution in [0.3, 0.4) is 0 Å². The van der Waals surface area contributed by atoms with Crippen molar-refractivity contribution in [3.05, 3.63) is 59.7 Å². The van der Waals surface area contributed by atoms with Crippen molar-refractivity contribution >= 4 is 27.4 Å². The molecule has 1 fully saturated rings. The maximum atomic E-state index is 12.8. The van der Waals surface area contributed by atoms with Crippen molar-refractivity contribution in [3.63, 3.8) is 0 Å². The monoisotopic (exact) mass is 430 g/mol. The Labute approximate surface area is 177 Å². The summed E-state index contributed by atoms with van der Waals surface area (Å²) in [5.41, 5.74) is 2.11. The highest BCUT2D eigenvalue weighted by Gasteiger charge is 2.26. The van der Waals surface area contributed by atoms with Gasteiger partial charge in [-0.2, -0.15) is 4.31 Å². The molecule has 30 heavy (non-hydrogen) atoms. The number of anilines is 1. The number of carbonyl (C=O) groups excluding carboxylic acids is 2. The van der Waals surface area contributed by atoms with Crippen LogP contribution < -0.4 is 5.32 Å². The van der Waals surface area contributed by atoms with Gasteiger partial charge in [0.15, 0.2) is 5.78 Å². The van der Waals surface area contributed by atoms with E-state index in [0.29, 0.717) is 37.6 Å². The first-order chi connectivity index (χ1) is 14.4. The second kappa shape index (κ2) is 9.97. The molecule has 0 saturated carbocycles. The van der Waals surface area contributed by atoms with Crippen molar-refractivity contribution in [2.45, 2.75) is 31.1 Å². The molecule has 7 nitrogen and oxygen atoms in total. The van der Waals surface area contributed by atoms with Crippen molar-refractivity contribution in [1.29, 1.82) is 0 Å². The fourth-order valence-corrected chi connectivity index (χ4v) is 4.65. The van der Waals surface area contributed by atoms with E-state index in [0.717, 1.165) is 12.0 Å². The number of ether oxygens (including phenoxy) is 1. The molecule has 1 amide bonds. The molecule has 0 aromatic heterocycles. The predicted molar refractivity (Wildman–Crippen MR) is 114 cm³/mol. The lowest BCUT2D eigenvalue weighted by molar-refractivity contribution is -0.116. The van der Waals surface area contributed by atoms with Crippen LogP contribution in [0.15, 0.2) is 53.4 Å². The predicted octanol–water partition coefficient (Wildman–Crippen LogP) is 2.87. The van der Waals surface area contributed by atoms with Gasteiger partial charge in [-0.05, 0) is 30.2 Å². The third kappa shape index (κ3) is 5.53. The van der Waals surface area contributed by atoms with Gasteiger partial charge in [-0.25, -0.2) is 8.42 Å². The number of ketones is 1. The van der Waals surface area contributed by atoms with Crippen LogP contribution in [-0.4, -0.2) is 50.7 Å². The molecule has 0 aliphatic carbocycles. The lowest BCUT2D eigenvalue weighted by Gasteiger charge is -2.26. The first kappa shape index (κ1) is 22.1. The van der Waals surface area contributed by atoms with Gasteiger partial charge in [0.05, 0.1) is 18.1 Å². The van der Waals surface area contributed by atoms with Crippen LogP contribution in [0.1, 0.15) is 35.7 Å². The zero-order valence-corrected chi connectivity index (χ0v) is 17.8. The zero-order valence-electron chi connectivity index (χ0n) is 17.0. The molecule has 0 radical (unpaired) electrons. The number of hydrogen-bond acceptors (Lipinski definition) is 5. The van der Waals surface area contributed by atoms with Crippen LogP contribution in [0.5, 0.6) is 0 Å². The molecule has 1 heterocycles. The number of rotatable bonds is 8. The molecule has 1 saturated heterocycles. The minimum atomic E-state index is -3.64. The maximum Gasteiger partial charge on any atom is 0.243 e. The molecule has 0 bridgehead atoms. The molecule has 8 heteroatoms. The molecule has 2 aromatic carbocycles. The van der Waals surface area contributed by atoms with Gasteiger partial charge in [-0.3, -0.25) is 9.59 Å². The Hall–Kier alpha value is -2.55. The van der Waals surface area contributed by atoms with E-state index < -0.39 is 10.0 Å². The highest BCUT2D eigenvalue weighted by molar-refractivity contribution is 7.89. The van der Waals surface area contributed by atoms with Crippen molar-refractivity contribution in [2.75, 3.05) is 31.6 Å². The normalized spacial score (nSPS) is 15.0. The van der Waals surface area contributed by atoms with Crippen LogP contribution in [0, 0.1) is 0 Å². The minimum absolute atomic E-state index is 0.0226. The van der Waals surface area contributed by atoms with Gasteiger partial charge in [0, 0.05) is 37.2 Å². The molecule has 160 valence electrons. The number of benzene rings is 2. The van der Waals surface area contributed by atoms with E-state index in [1.165, 1.54) is 16.4 Å². The van der Waals surface area contributed by atoms with E-state index in [-0.39, 0.29) is 29.4 Å². The summed E-state index contributed by atoms with van der Waals surface area (Å²) >= 11 is 0. The number of aryl methyl sites for hydroxylation is 1. The quantitative estimate of drug-likeness (QED) is 0.650. The van der Waals surface area contributed by atoms with Gasteiger partial charge in [0.1, 0.15) is 0 Å². The lowest BCUT2D eigenvalue weighted by atomic mass is 10.0. The Morgan fingerprint density at radius 3 is 2.40 bits per heavy atom. The molecule has 2 aromatic rings. The summed E-state index contributed by atoms with van der Waals surface area (Å²) in [5.74, 6) is -0.439. The summed E-state index contributed by atoms with van der Waals surface area (Å²) in [7, 11) is -3.64. The molecule has 1 N–H and O–H groups in total. The topological polar surface area (TPSA) is 92.8 Å². The number of sulfonamides is 1. The molecular formula is C22H26N2O5S. The molecule has 0 atom stereocenters. The standard InChI is InChI=1S/C22H26N2O5S/c1-2-17-6-8-18(9-7-17)21(25)10-11-22(26)23-19-4-3-5-20(16-19)30(27,28)24-12-14-29-15-13-24/h3-9,16H,2,10-15H2,1H3,(H,23,26). The number of nitrogens with zero attached hydrogens (tertiary/aromatic N) is 1. The highest BCUT2D eigenvalue weighted by atomic mass is 32.2. The summed E-state index contributed by atoms with van der Waals surface area (Å²) in [6.45, 7) is 3.39. The van der Waals surface area contributed by atoms with Crippen LogP contribution in [0.25, 0.3) is 0 Å². The van der Waals surface area contributed by atoms with Gasteiger partial charge >= 0.3 is 0 Å². The van der Waals surface area contributed by atoms with Crippen molar-refractivity contribution in [2.24, 2.45) is 0 Å². The van der Waals surface area contributed by atoms with Crippen LogP contribution in [0.2, 0.25) is 0 Å². The van der Waals surface area contributed by atoms with E-state index in [9.17, 15) is 18.0 Å². The van der Waals surface area contributed by atoms with E-state index in [4.69, 9.17) is 4.74 Å². The molecule has 1 aliphatic rings. The smallest absolute Gasteiger partial charge is 0.243 e. The summed E-state index contributed by atoms with van der Waals surface area (Å²) < 4.78 is 32.1. The van der Waals surface area contributed by atoms with Crippen LogP contribution in [-0.2, 0) is 26.0 Å². The van der Waals surface area contributed by atoms with E-state index in [1.54, 1.807) is 24.3 Å². The minimum Gasteiger partial charge on any atom is -0.379 e. The number of amides is 1. The molecule has 1 aliphatic heterocycles. The molecular weight excluding hydrogens is 404 g/mol. The third-order valence-electron chi connectivity index (χ3n) is 4.99. The Balaban J connectivity index is 1.58. The van der Waals surface area contributed by atoms with Gasteiger partial charge in [0.2, 0.25) is 15.9 Å². The van der Waals surface area contributed by atoms with Crippen molar-refractivity contribution in [3.8, 4) is 0 Å². The first-order valence-electron chi connectivity index (χ1n) is 10.00. The van der Waals surface area contributed by atoms with Crippen LogP contribution in [0.4, 0.5) is 5.69 Å². The Morgan fingerprint density at radius 2 is 1.73 bits per heavy atom. The van der Waals surface area contributed by atoms with E-state index >= 15 is 0 Å². The number of carbonyl (C=O) groups is 2. The Morgan fingerprint density at radius 1 is 1.03 bits per heavy atom. The number of hydrogen-bond donors (Lipinski definition) is 1. The summed E-state index contributed by atoms with van der Waals surface area (Å²) in [5, 5.41) is 2.68. The maximum absolute atomic E-state index is 12.8. The number of nitrogens with one attached hydrogen (secondary N) is 1. The number of morpholine rings is 1. The summed E-state index contributed by atoms with van der Waals surface area (Å²) in [6, 6.07) is 13.5. The van der Waals surface area contributed by atoms with Gasteiger partial charge < -0.3 is 10.1 Å². The average molecular weight is 431 g/mol.